The van der Waals surface area contributed by atoms with Gasteiger partial charge in [0.15, 0.2) is 11.5 Å². The van der Waals surface area contributed by atoms with Crippen molar-refractivity contribution in [2.45, 2.75) is 26.4 Å². The maximum absolute atomic E-state index is 13.2. The molecule has 0 radical (unpaired) electrons. The fourth-order valence-corrected chi connectivity index (χ4v) is 3.82. The molecule has 0 unspecified atom stereocenters. The van der Waals surface area contributed by atoms with Crippen molar-refractivity contribution in [3.8, 4) is 28.5 Å². The number of methoxy groups -OCH3 is 2. The van der Waals surface area contributed by atoms with E-state index in [0.717, 1.165) is 35.7 Å². The van der Waals surface area contributed by atoms with Crippen LogP contribution in [0.2, 0.25) is 0 Å². The Morgan fingerprint density at radius 1 is 1.00 bits per heavy atom. The molecule has 0 spiro atoms. The summed E-state index contributed by atoms with van der Waals surface area (Å²) in [6.07, 6.45) is 0.844. The number of carbonyl (C=O) groups is 1. The third kappa shape index (κ3) is 4.35. The molecular weight excluding hydrogens is 394 g/mol. The van der Waals surface area contributed by atoms with E-state index in [0.29, 0.717) is 36.8 Å². The molecule has 0 saturated carbocycles. The average molecular weight is 421 g/mol. The summed E-state index contributed by atoms with van der Waals surface area (Å²) in [6.45, 7) is 4.58. The van der Waals surface area contributed by atoms with Gasteiger partial charge in [-0.25, -0.2) is 0 Å². The number of carbonyl (C=O) groups excluding carboxylic acids is 1. The largest absolute Gasteiger partial charge is 0.494 e. The lowest BCUT2D eigenvalue weighted by molar-refractivity contribution is 0.0745. The highest BCUT2D eigenvalue weighted by atomic mass is 16.5. The smallest absolute Gasteiger partial charge is 0.254 e. The number of aromatic nitrogens is 2. The lowest BCUT2D eigenvalue weighted by atomic mass is 10.1. The molecule has 31 heavy (non-hydrogen) atoms. The van der Waals surface area contributed by atoms with Gasteiger partial charge in [-0.15, -0.1) is 0 Å². The van der Waals surface area contributed by atoms with Crippen molar-refractivity contribution in [1.29, 1.82) is 0 Å². The first kappa shape index (κ1) is 20.8. The predicted molar refractivity (Wildman–Crippen MR) is 118 cm³/mol. The minimum atomic E-state index is -0.0294. The highest BCUT2D eigenvalue weighted by Crippen LogP contribution is 2.29. The SMILES string of the molecule is CCOc1ccc(-c2cc3n(n2)CCCN(C(=O)c2ccc(OC)c(OC)c2)C3)cc1. The molecule has 7 heteroatoms. The Balaban J connectivity index is 1.55. The second-order valence-corrected chi connectivity index (χ2v) is 7.35. The lowest BCUT2D eigenvalue weighted by Gasteiger charge is -2.20. The van der Waals surface area contributed by atoms with Gasteiger partial charge in [0.05, 0.1) is 38.8 Å². The van der Waals surface area contributed by atoms with Crippen molar-refractivity contribution in [1.82, 2.24) is 14.7 Å². The summed E-state index contributed by atoms with van der Waals surface area (Å²) < 4.78 is 18.2. The van der Waals surface area contributed by atoms with Gasteiger partial charge in [0.2, 0.25) is 0 Å². The number of rotatable bonds is 6. The van der Waals surface area contributed by atoms with Crippen LogP contribution >= 0.6 is 0 Å². The molecule has 3 aromatic rings. The first-order chi connectivity index (χ1) is 15.1. The molecule has 1 aromatic heterocycles. The quantitative estimate of drug-likeness (QED) is 0.602. The Hall–Kier alpha value is -3.48. The fraction of sp³-hybridized carbons (Fsp3) is 0.333. The number of nitrogens with zero attached hydrogens (tertiary/aromatic N) is 3. The molecule has 0 fully saturated rings. The molecule has 1 aliphatic heterocycles. The number of ether oxygens (including phenoxy) is 3. The van der Waals surface area contributed by atoms with Crippen LogP contribution in [0.4, 0.5) is 0 Å². The van der Waals surface area contributed by atoms with Crippen molar-refractivity contribution in [3.05, 3.63) is 59.8 Å². The van der Waals surface area contributed by atoms with Gasteiger partial charge in [-0.3, -0.25) is 9.48 Å². The summed E-state index contributed by atoms with van der Waals surface area (Å²) in [5.74, 6) is 1.97. The second kappa shape index (κ2) is 9.12. The molecule has 1 aliphatic rings. The molecule has 2 aromatic carbocycles. The summed E-state index contributed by atoms with van der Waals surface area (Å²) in [5, 5.41) is 4.77. The highest BCUT2D eigenvalue weighted by Gasteiger charge is 2.23. The minimum absolute atomic E-state index is 0.0294. The monoisotopic (exact) mass is 421 g/mol. The van der Waals surface area contributed by atoms with Crippen molar-refractivity contribution >= 4 is 5.91 Å². The third-order valence-electron chi connectivity index (χ3n) is 5.39. The van der Waals surface area contributed by atoms with Crippen LogP contribution in [-0.2, 0) is 13.1 Å². The van der Waals surface area contributed by atoms with Crippen LogP contribution in [0.25, 0.3) is 11.3 Å². The molecular formula is C24H27N3O4. The van der Waals surface area contributed by atoms with E-state index >= 15 is 0 Å². The van der Waals surface area contributed by atoms with Crippen LogP contribution in [0.1, 0.15) is 29.4 Å². The molecule has 0 bridgehead atoms. The highest BCUT2D eigenvalue weighted by molar-refractivity contribution is 5.95. The van der Waals surface area contributed by atoms with E-state index in [-0.39, 0.29) is 5.91 Å². The van der Waals surface area contributed by atoms with Crippen LogP contribution in [0.3, 0.4) is 0 Å². The van der Waals surface area contributed by atoms with Gasteiger partial charge in [-0.2, -0.15) is 5.10 Å². The maximum atomic E-state index is 13.2. The summed E-state index contributed by atoms with van der Waals surface area (Å²) in [6, 6.07) is 15.3. The summed E-state index contributed by atoms with van der Waals surface area (Å²) >= 11 is 0. The van der Waals surface area contributed by atoms with Crippen LogP contribution < -0.4 is 14.2 Å². The van der Waals surface area contributed by atoms with Crippen molar-refractivity contribution in [3.63, 3.8) is 0 Å². The number of aryl methyl sites for hydroxylation is 1. The maximum Gasteiger partial charge on any atom is 0.254 e. The minimum Gasteiger partial charge on any atom is -0.494 e. The van der Waals surface area contributed by atoms with E-state index in [1.54, 1.807) is 32.4 Å². The number of fused-ring (bicyclic) bond motifs is 1. The molecule has 4 rings (SSSR count). The first-order valence-electron chi connectivity index (χ1n) is 10.4. The number of hydrogen-bond acceptors (Lipinski definition) is 5. The van der Waals surface area contributed by atoms with Crippen molar-refractivity contribution in [2.75, 3.05) is 27.4 Å². The molecule has 0 saturated heterocycles. The fourth-order valence-electron chi connectivity index (χ4n) is 3.82. The molecule has 0 aliphatic carbocycles. The van der Waals surface area contributed by atoms with E-state index < -0.39 is 0 Å². The molecule has 162 valence electrons. The standard InChI is InChI=1S/C24H27N3O4/c1-4-31-20-9-6-17(7-10-20)21-15-19-16-26(12-5-13-27(19)25-21)24(28)18-8-11-22(29-2)23(14-18)30-3/h6-11,14-15H,4-5,12-13,16H2,1-3H3. The second-order valence-electron chi connectivity index (χ2n) is 7.35. The van der Waals surface area contributed by atoms with E-state index in [4.69, 9.17) is 19.3 Å². The van der Waals surface area contributed by atoms with Gasteiger partial charge in [-0.05, 0) is 61.9 Å². The molecule has 1 amide bonds. The third-order valence-corrected chi connectivity index (χ3v) is 5.39. The topological polar surface area (TPSA) is 65.8 Å². The number of amides is 1. The van der Waals surface area contributed by atoms with E-state index in [2.05, 4.69) is 6.07 Å². The van der Waals surface area contributed by atoms with Crippen LogP contribution in [0, 0.1) is 0 Å². The molecule has 0 atom stereocenters. The van der Waals surface area contributed by atoms with Gasteiger partial charge in [0, 0.05) is 24.2 Å². The van der Waals surface area contributed by atoms with Gasteiger partial charge < -0.3 is 19.1 Å². The molecule has 7 nitrogen and oxygen atoms in total. The van der Waals surface area contributed by atoms with Crippen LogP contribution in [0.15, 0.2) is 48.5 Å². The first-order valence-corrected chi connectivity index (χ1v) is 10.4. The molecule has 2 heterocycles. The van der Waals surface area contributed by atoms with Crippen molar-refractivity contribution < 1.29 is 19.0 Å². The summed E-state index contributed by atoms with van der Waals surface area (Å²) in [4.78, 5) is 15.1. The number of hydrogen-bond donors (Lipinski definition) is 0. The number of benzene rings is 2. The van der Waals surface area contributed by atoms with E-state index in [1.807, 2.05) is 40.8 Å². The zero-order valence-electron chi connectivity index (χ0n) is 18.1. The predicted octanol–water partition coefficient (Wildman–Crippen LogP) is 4.01. The van der Waals surface area contributed by atoms with Gasteiger partial charge >= 0.3 is 0 Å². The Morgan fingerprint density at radius 3 is 2.48 bits per heavy atom. The van der Waals surface area contributed by atoms with Gasteiger partial charge in [0.25, 0.3) is 5.91 Å². The van der Waals surface area contributed by atoms with Crippen LogP contribution in [-0.4, -0.2) is 48.0 Å². The normalized spacial score (nSPS) is 13.3. The molecule has 0 N–H and O–H groups in total. The lowest BCUT2D eigenvalue weighted by Crippen LogP contribution is -2.30. The average Bonchev–Trinajstić information content (AvgIpc) is 3.10. The van der Waals surface area contributed by atoms with E-state index in [1.165, 1.54) is 0 Å². The zero-order valence-corrected chi connectivity index (χ0v) is 18.1. The Bertz CT molecular complexity index is 1060. The Morgan fingerprint density at radius 2 is 1.77 bits per heavy atom. The van der Waals surface area contributed by atoms with Crippen LogP contribution in [0.5, 0.6) is 17.2 Å². The van der Waals surface area contributed by atoms with Gasteiger partial charge in [0.1, 0.15) is 5.75 Å². The Kier molecular flexibility index (Phi) is 6.11. The summed E-state index contributed by atoms with van der Waals surface area (Å²) in [7, 11) is 3.15. The summed E-state index contributed by atoms with van der Waals surface area (Å²) in [5.41, 5.74) is 3.54. The van der Waals surface area contributed by atoms with Crippen molar-refractivity contribution in [2.24, 2.45) is 0 Å². The zero-order chi connectivity index (χ0) is 21.8. The van der Waals surface area contributed by atoms with Gasteiger partial charge in [-0.1, -0.05) is 0 Å². The van der Waals surface area contributed by atoms with E-state index in [9.17, 15) is 4.79 Å². The Labute approximate surface area is 182 Å².